The SMILES string of the molecule is COC(=O)c1cccc(N2C(=O)C3C4C=CC(C4)C3C2=O)c1. The molecule has 1 aromatic carbocycles. The van der Waals surface area contributed by atoms with Gasteiger partial charge in [0.2, 0.25) is 11.8 Å². The molecule has 3 aliphatic rings. The van der Waals surface area contributed by atoms with Crippen LogP contribution in [-0.2, 0) is 14.3 Å². The van der Waals surface area contributed by atoms with Gasteiger partial charge < -0.3 is 4.74 Å². The summed E-state index contributed by atoms with van der Waals surface area (Å²) < 4.78 is 4.69. The highest BCUT2D eigenvalue weighted by Crippen LogP contribution is 2.53. The molecule has 1 heterocycles. The minimum atomic E-state index is -0.483. The molecule has 2 bridgehead atoms. The molecule has 2 amide bonds. The molecule has 4 atom stereocenters. The second kappa shape index (κ2) is 4.53. The van der Waals surface area contributed by atoms with E-state index in [9.17, 15) is 14.4 Å². The molecular formula is C17H15NO4. The molecule has 4 rings (SSSR count). The first kappa shape index (κ1) is 13.2. The average Bonchev–Trinajstić information content (AvgIpc) is 3.21. The molecule has 0 aromatic heterocycles. The van der Waals surface area contributed by atoms with E-state index in [0.29, 0.717) is 11.3 Å². The second-order valence-electron chi connectivity index (χ2n) is 6.05. The molecular weight excluding hydrogens is 282 g/mol. The smallest absolute Gasteiger partial charge is 0.337 e. The van der Waals surface area contributed by atoms with Crippen LogP contribution in [0.4, 0.5) is 5.69 Å². The van der Waals surface area contributed by atoms with Crippen molar-refractivity contribution in [2.24, 2.45) is 23.7 Å². The van der Waals surface area contributed by atoms with Crippen molar-refractivity contribution in [2.75, 3.05) is 12.0 Å². The number of imide groups is 1. The van der Waals surface area contributed by atoms with E-state index in [1.165, 1.54) is 18.1 Å². The van der Waals surface area contributed by atoms with Gasteiger partial charge in [-0.1, -0.05) is 18.2 Å². The summed E-state index contributed by atoms with van der Waals surface area (Å²) in [4.78, 5) is 38.3. The summed E-state index contributed by atoms with van der Waals surface area (Å²) in [6.45, 7) is 0. The van der Waals surface area contributed by atoms with Crippen LogP contribution in [0.5, 0.6) is 0 Å². The zero-order valence-corrected chi connectivity index (χ0v) is 12.1. The summed E-state index contributed by atoms with van der Waals surface area (Å²) in [5.41, 5.74) is 0.783. The maximum atomic E-state index is 12.7. The van der Waals surface area contributed by atoms with E-state index >= 15 is 0 Å². The van der Waals surface area contributed by atoms with E-state index in [0.717, 1.165) is 6.42 Å². The van der Waals surface area contributed by atoms with Crippen molar-refractivity contribution in [3.63, 3.8) is 0 Å². The van der Waals surface area contributed by atoms with Crippen molar-refractivity contribution in [1.29, 1.82) is 0 Å². The number of esters is 1. The van der Waals surface area contributed by atoms with Gasteiger partial charge in [-0.2, -0.15) is 0 Å². The van der Waals surface area contributed by atoms with E-state index in [1.807, 2.05) is 0 Å². The Hall–Kier alpha value is -2.43. The van der Waals surface area contributed by atoms with E-state index in [1.54, 1.807) is 18.2 Å². The number of allylic oxidation sites excluding steroid dienone is 2. The molecule has 22 heavy (non-hydrogen) atoms. The standard InChI is InChI=1S/C17H15NO4/c1-22-17(21)11-3-2-4-12(8-11)18-15(19)13-9-5-6-10(7-9)14(13)16(18)20/h2-6,8-10,13-14H,7H2,1H3. The first-order valence-corrected chi connectivity index (χ1v) is 7.36. The van der Waals surface area contributed by atoms with E-state index < -0.39 is 5.97 Å². The van der Waals surface area contributed by atoms with Crippen LogP contribution in [-0.4, -0.2) is 24.9 Å². The third-order valence-electron chi connectivity index (χ3n) is 5.00. The molecule has 2 aliphatic carbocycles. The minimum Gasteiger partial charge on any atom is -0.465 e. The fraction of sp³-hybridized carbons (Fsp3) is 0.353. The summed E-state index contributed by atoms with van der Waals surface area (Å²) in [5, 5.41) is 0. The molecule has 2 fully saturated rings. The molecule has 0 radical (unpaired) electrons. The van der Waals surface area contributed by atoms with Crippen LogP contribution in [0.2, 0.25) is 0 Å². The molecule has 1 aliphatic heterocycles. The van der Waals surface area contributed by atoms with Crippen LogP contribution in [0, 0.1) is 23.7 Å². The van der Waals surface area contributed by atoms with Gasteiger partial charge in [0.15, 0.2) is 0 Å². The number of benzene rings is 1. The van der Waals surface area contributed by atoms with E-state index in [-0.39, 0.29) is 35.5 Å². The second-order valence-corrected chi connectivity index (χ2v) is 6.05. The topological polar surface area (TPSA) is 63.7 Å². The van der Waals surface area contributed by atoms with Crippen LogP contribution in [0.15, 0.2) is 36.4 Å². The van der Waals surface area contributed by atoms with E-state index in [2.05, 4.69) is 16.9 Å². The molecule has 5 heteroatoms. The number of carbonyl (C=O) groups is 3. The van der Waals surface area contributed by atoms with Gasteiger partial charge in [-0.15, -0.1) is 0 Å². The van der Waals surface area contributed by atoms with Crippen LogP contribution >= 0.6 is 0 Å². The quantitative estimate of drug-likeness (QED) is 0.474. The number of carbonyl (C=O) groups excluding carboxylic acids is 3. The predicted molar refractivity (Wildman–Crippen MR) is 78.0 cm³/mol. The zero-order valence-electron chi connectivity index (χ0n) is 12.1. The fourth-order valence-electron chi connectivity index (χ4n) is 4.05. The number of ether oxygens (including phenoxy) is 1. The molecule has 1 saturated heterocycles. The summed E-state index contributed by atoms with van der Waals surface area (Å²) in [6, 6.07) is 6.48. The van der Waals surface area contributed by atoms with Gasteiger partial charge in [0, 0.05) is 0 Å². The molecule has 0 N–H and O–H groups in total. The number of hydrogen-bond acceptors (Lipinski definition) is 4. The fourth-order valence-corrected chi connectivity index (χ4v) is 4.05. The van der Waals surface area contributed by atoms with Crippen molar-refractivity contribution in [3.05, 3.63) is 42.0 Å². The number of hydrogen-bond donors (Lipinski definition) is 0. The maximum absolute atomic E-state index is 12.7. The van der Waals surface area contributed by atoms with Gasteiger partial charge in [-0.25, -0.2) is 9.69 Å². The van der Waals surface area contributed by atoms with Crippen LogP contribution in [0.1, 0.15) is 16.8 Å². The van der Waals surface area contributed by atoms with Gasteiger partial charge in [-0.05, 0) is 36.5 Å². The van der Waals surface area contributed by atoms with Crippen molar-refractivity contribution in [2.45, 2.75) is 6.42 Å². The Morgan fingerprint density at radius 2 is 1.77 bits per heavy atom. The van der Waals surface area contributed by atoms with Gasteiger partial charge in [0.25, 0.3) is 0 Å². The van der Waals surface area contributed by atoms with Crippen molar-refractivity contribution in [3.8, 4) is 0 Å². The Morgan fingerprint density at radius 1 is 1.14 bits per heavy atom. The van der Waals surface area contributed by atoms with Crippen LogP contribution in [0.25, 0.3) is 0 Å². The van der Waals surface area contributed by atoms with Crippen molar-refractivity contribution < 1.29 is 19.1 Å². The number of anilines is 1. The Labute approximate surface area is 127 Å². The third kappa shape index (κ3) is 1.62. The minimum absolute atomic E-state index is 0.145. The lowest BCUT2D eigenvalue weighted by molar-refractivity contribution is -0.123. The Bertz CT molecular complexity index is 693. The Balaban J connectivity index is 1.71. The number of amides is 2. The number of methoxy groups -OCH3 is 1. The maximum Gasteiger partial charge on any atom is 0.337 e. The molecule has 5 nitrogen and oxygen atoms in total. The molecule has 1 aromatic rings. The highest BCUT2D eigenvalue weighted by atomic mass is 16.5. The van der Waals surface area contributed by atoms with Gasteiger partial charge in [0.1, 0.15) is 0 Å². The van der Waals surface area contributed by atoms with Gasteiger partial charge >= 0.3 is 5.97 Å². The lowest BCUT2D eigenvalue weighted by atomic mass is 9.85. The number of rotatable bonds is 2. The molecule has 112 valence electrons. The first-order valence-electron chi connectivity index (χ1n) is 7.36. The van der Waals surface area contributed by atoms with E-state index in [4.69, 9.17) is 0 Å². The largest absolute Gasteiger partial charge is 0.465 e. The predicted octanol–water partition coefficient (Wildman–Crippen LogP) is 1.78. The summed E-state index contributed by atoms with van der Waals surface area (Å²) >= 11 is 0. The summed E-state index contributed by atoms with van der Waals surface area (Å²) in [6.07, 6.45) is 5.03. The van der Waals surface area contributed by atoms with Crippen LogP contribution in [0.3, 0.4) is 0 Å². The van der Waals surface area contributed by atoms with Gasteiger partial charge in [-0.3, -0.25) is 9.59 Å². The number of fused-ring (bicyclic) bond motifs is 5. The third-order valence-corrected chi connectivity index (χ3v) is 5.00. The van der Waals surface area contributed by atoms with Crippen molar-refractivity contribution in [1.82, 2.24) is 0 Å². The molecule has 0 spiro atoms. The molecule has 4 unspecified atom stereocenters. The Morgan fingerprint density at radius 3 is 2.36 bits per heavy atom. The zero-order chi connectivity index (χ0) is 15.4. The lowest BCUT2D eigenvalue weighted by Crippen LogP contribution is -2.33. The highest BCUT2D eigenvalue weighted by Gasteiger charge is 2.59. The first-order chi connectivity index (χ1) is 10.6. The number of nitrogens with zero attached hydrogens (tertiary/aromatic N) is 1. The van der Waals surface area contributed by atoms with Crippen LogP contribution < -0.4 is 4.90 Å². The molecule has 1 saturated carbocycles. The summed E-state index contributed by atoms with van der Waals surface area (Å²) in [5.74, 6) is -0.875. The summed E-state index contributed by atoms with van der Waals surface area (Å²) in [7, 11) is 1.30. The average molecular weight is 297 g/mol. The monoisotopic (exact) mass is 297 g/mol. The highest BCUT2D eigenvalue weighted by molar-refractivity contribution is 6.23. The van der Waals surface area contributed by atoms with Crippen molar-refractivity contribution >= 4 is 23.5 Å². The van der Waals surface area contributed by atoms with Gasteiger partial charge in [0.05, 0.1) is 30.2 Å². The normalized spacial score (nSPS) is 31.8. The lowest BCUT2D eigenvalue weighted by Gasteiger charge is -2.17. The Kier molecular flexibility index (Phi) is 2.73.